The van der Waals surface area contributed by atoms with E-state index in [-0.39, 0.29) is 18.9 Å². The number of carbonyl (C=O) groups is 1. The Kier molecular flexibility index (Phi) is 63.3. The third-order valence-electron chi connectivity index (χ3n) is 19.1. The molecule has 0 radical (unpaired) electrons. The topological polar surface area (TPSA) is 228 Å². The molecule has 0 aliphatic carbocycles. The molecule has 576 valence electrons. The molecule has 12 atom stereocenters. The summed E-state index contributed by atoms with van der Waals surface area (Å²) in [4.78, 5) is 13.4. The molecule has 14 heteroatoms. The molecule has 0 saturated carbocycles. The predicted octanol–water partition coefficient (Wildman–Crippen LogP) is 18.8. The van der Waals surface area contributed by atoms with E-state index < -0.39 is 86.8 Å². The summed E-state index contributed by atoms with van der Waals surface area (Å²) in [6, 6.07) is -0.948. The monoisotopic (exact) mass is 1400 g/mol. The van der Waals surface area contributed by atoms with Crippen LogP contribution in [0.1, 0.15) is 322 Å². The van der Waals surface area contributed by atoms with Crippen molar-refractivity contribution in [3.05, 3.63) is 122 Å². The van der Waals surface area contributed by atoms with Crippen LogP contribution in [0.4, 0.5) is 0 Å². The van der Waals surface area contributed by atoms with Crippen molar-refractivity contribution in [1.82, 2.24) is 5.32 Å². The van der Waals surface area contributed by atoms with E-state index in [1.165, 1.54) is 193 Å². The fraction of sp³-hybridized carbons (Fsp3) is 0.756. The molecule has 1 amide bonds. The van der Waals surface area contributed by atoms with Gasteiger partial charge in [0.25, 0.3) is 0 Å². The van der Waals surface area contributed by atoms with Gasteiger partial charge in [0.05, 0.1) is 32.0 Å². The number of rotatable bonds is 67. The smallest absolute Gasteiger partial charge is 0.220 e. The molecule has 9 N–H and O–H groups in total. The van der Waals surface area contributed by atoms with E-state index in [1.807, 2.05) is 6.08 Å². The molecule has 0 aromatic rings. The maximum atomic E-state index is 13.4. The van der Waals surface area contributed by atoms with Gasteiger partial charge in [-0.1, -0.05) is 341 Å². The molecule has 2 aliphatic rings. The van der Waals surface area contributed by atoms with Crippen LogP contribution in [-0.2, 0) is 23.7 Å². The zero-order valence-corrected chi connectivity index (χ0v) is 63.2. The van der Waals surface area contributed by atoms with Crippen LogP contribution >= 0.6 is 0 Å². The Morgan fingerprint density at radius 2 is 0.700 bits per heavy atom. The molecule has 2 saturated heterocycles. The van der Waals surface area contributed by atoms with Crippen LogP contribution in [0.25, 0.3) is 0 Å². The Bertz CT molecular complexity index is 2150. The van der Waals surface area contributed by atoms with E-state index in [0.29, 0.717) is 12.8 Å². The van der Waals surface area contributed by atoms with Gasteiger partial charge < -0.3 is 65.1 Å². The fourth-order valence-corrected chi connectivity index (χ4v) is 12.7. The third kappa shape index (κ3) is 50.7. The zero-order chi connectivity index (χ0) is 72.2. The van der Waals surface area contributed by atoms with Gasteiger partial charge in [0.2, 0.25) is 5.91 Å². The lowest BCUT2D eigenvalue weighted by Crippen LogP contribution is -2.65. The first kappa shape index (κ1) is 92.5. The van der Waals surface area contributed by atoms with Crippen LogP contribution in [0.5, 0.6) is 0 Å². The number of aliphatic hydroxyl groups excluding tert-OH is 8. The summed E-state index contributed by atoms with van der Waals surface area (Å²) in [6.07, 6.45) is 84.2. The lowest BCUT2D eigenvalue weighted by Gasteiger charge is -2.46. The number of nitrogens with one attached hydrogen (secondary N) is 1. The summed E-state index contributed by atoms with van der Waals surface area (Å²) in [5.41, 5.74) is 0. The molecule has 0 aromatic heterocycles. The second-order valence-electron chi connectivity index (χ2n) is 28.2. The number of aliphatic hydroxyl groups is 8. The maximum absolute atomic E-state index is 13.4. The van der Waals surface area contributed by atoms with Crippen molar-refractivity contribution in [3.63, 3.8) is 0 Å². The van der Waals surface area contributed by atoms with Crippen LogP contribution in [0.3, 0.4) is 0 Å². The third-order valence-corrected chi connectivity index (χ3v) is 19.1. The van der Waals surface area contributed by atoms with Gasteiger partial charge in [-0.2, -0.15) is 0 Å². The van der Waals surface area contributed by atoms with Crippen molar-refractivity contribution in [2.75, 3.05) is 19.8 Å². The average Bonchev–Trinajstić information content (AvgIpc) is 0.791. The van der Waals surface area contributed by atoms with Crippen molar-refractivity contribution in [2.45, 2.75) is 396 Å². The first-order valence-corrected chi connectivity index (χ1v) is 40.8. The minimum absolute atomic E-state index is 0.256. The highest BCUT2D eigenvalue weighted by Gasteiger charge is 2.51. The normalized spacial score (nSPS) is 22.5. The SMILES string of the molecule is CC/C=C\C/C=C\C/C=C\C/C=C\C/C=C\C/C=C\C/C=C\C/C=C\CCCCCCCCCCC(=O)NC(COC1OC(CO)C(OC2OC(CO)C(O)C(O)C2O)C(O)C1O)C(O)/C=C/CC/C=C/CCCCCCCCCCCCCCCCCCCCCCCCCCCCC. The van der Waals surface area contributed by atoms with Crippen LogP contribution < -0.4 is 5.32 Å². The van der Waals surface area contributed by atoms with Gasteiger partial charge in [0, 0.05) is 6.42 Å². The summed E-state index contributed by atoms with van der Waals surface area (Å²) in [6.45, 7) is 2.69. The standard InChI is InChI=1S/C86H149NO13/c1-3-5-7-9-11-13-15-17-19-21-23-25-27-29-31-33-35-37-39-41-43-45-47-49-51-53-55-57-59-61-63-65-67-69-75(90)74(73-97-85-83(96)81(94)84(77(72-89)99-85)100-86-82(95)80(93)79(92)76(71-88)98-86)87-78(91)70-68-66-64-62-60-58-56-54-52-50-48-46-44-42-40-38-36-34-32-30-28-26-24-22-20-18-16-14-12-10-8-6-4-2/h6,8,12,14,18,20,24,26,30,32,36,38,42,44,48,50,59,61,67,69,74-77,79-86,88-90,92-96H,3-5,7,9-11,13,15-17,19,21-23,25,27-29,31,33-35,37,39-41,43,45-47,49,51-58,60,62-66,68,70-73H2,1-2H3,(H,87,91)/b8-6-,14-12-,20-18-,26-24-,32-30-,38-36-,44-42-,50-48-,61-59+,69-67+. The van der Waals surface area contributed by atoms with E-state index in [9.17, 15) is 45.6 Å². The van der Waals surface area contributed by atoms with Crippen molar-refractivity contribution in [3.8, 4) is 0 Å². The van der Waals surface area contributed by atoms with Gasteiger partial charge >= 0.3 is 0 Å². The number of hydrogen-bond donors (Lipinski definition) is 9. The van der Waals surface area contributed by atoms with E-state index in [4.69, 9.17) is 18.9 Å². The molecule has 2 fully saturated rings. The lowest BCUT2D eigenvalue weighted by atomic mass is 9.97. The van der Waals surface area contributed by atoms with E-state index in [1.54, 1.807) is 6.08 Å². The van der Waals surface area contributed by atoms with Gasteiger partial charge in [-0.25, -0.2) is 0 Å². The molecular weight excluding hydrogens is 1250 g/mol. The summed E-state index contributed by atoms with van der Waals surface area (Å²) in [5.74, 6) is -0.259. The zero-order valence-electron chi connectivity index (χ0n) is 63.2. The van der Waals surface area contributed by atoms with Crippen LogP contribution in [0, 0.1) is 0 Å². The largest absolute Gasteiger partial charge is 0.394 e. The number of unbranched alkanes of at least 4 members (excludes halogenated alkanes) is 36. The van der Waals surface area contributed by atoms with Gasteiger partial charge in [-0.05, 0) is 96.3 Å². The quantitative estimate of drug-likeness (QED) is 0.0204. The van der Waals surface area contributed by atoms with Gasteiger partial charge in [0.1, 0.15) is 48.8 Å². The summed E-state index contributed by atoms with van der Waals surface area (Å²) >= 11 is 0. The van der Waals surface area contributed by atoms with Crippen molar-refractivity contribution in [2.24, 2.45) is 0 Å². The Hall–Kier alpha value is -3.61. The highest BCUT2D eigenvalue weighted by molar-refractivity contribution is 5.76. The van der Waals surface area contributed by atoms with Gasteiger partial charge in [-0.3, -0.25) is 4.79 Å². The highest BCUT2D eigenvalue weighted by atomic mass is 16.7. The molecule has 14 nitrogen and oxygen atoms in total. The summed E-state index contributed by atoms with van der Waals surface area (Å²) in [5, 5.41) is 87.7. The minimum Gasteiger partial charge on any atom is -0.394 e. The average molecular weight is 1410 g/mol. The number of carbonyl (C=O) groups excluding carboxylic acids is 1. The Labute approximate surface area is 609 Å². The van der Waals surface area contributed by atoms with E-state index in [0.717, 1.165) is 96.3 Å². The first-order chi connectivity index (χ1) is 49.1. The molecule has 0 aromatic carbocycles. The van der Waals surface area contributed by atoms with Crippen molar-refractivity contribution < 1.29 is 64.6 Å². The number of allylic oxidation sites excluding steroid dienone is 19. The molecule has 0 bridgehead atoms. The molecule has 2 aliphatic heterocycles. The predicted molar refractivity (Wildman–Crippen MR) is 415 cm³/mol. The van der Waals surface area contributed by atoms with Crippen LogP contribution in [-0.4, -0.2) is 140 Å². The second-order valence-corrected chi connectivity index (χ2v) is 28.2. The van der Waals surface area contributed by atoms with Crippen molar-refractivity contribution in [1.29, 1.82) is 0 Å². The van der Waals surface area contributed by atoms with Crippen molar-refractivity contribution >= 4 is 5.91 Å². The molecule has 2 heterocycles. The Balaban J connectivity index is 1.65. The Morgan fingerprint density at radius 3 is 1.10 bits per heavy atom. The van der Waals surface area contributed by atoms with Gasteiger partial charge in [0.15, 0.2) is 12.6 Å². The summed E-state index contributed by atoms with van der Waals surface area (Å²) in [7, 11) is 0. The molecular formula is C86H149NO13. The number of hydrogen-bond acceptors (Lipinski definition) is 13. The first-order valence-electron chi connectivity index (χ1n) is 40.8. The molecule has 0 spiro atoms. The Morgan fingerprint density at radius 1 is 0.370 bits per heavy atom. The molecule has 12 unspecified atom stereocenters. The molecule has 100 heavy (non-hydrogen) atoms. The van der Waals surface area contributed by atoms with Crippen LogP contribution in [0.15, 0.2) is 122 Å². The highest BCUT2D eigenvalue weighted by Crippen LogP contribution is 2.30. The van der Waals surface area contributed by atoms with Crippen LogP contribution in [0.2, 0.25) is 0 Å². The molecule has 2 rings (SSSR count). The number of amides is 1. The summed E-state index contributed by atoms with van der Waals surface area (Å²) < 4.78 is 22.9. The van der Waals surface area contributed by atoms with E-state index in [2.05, 4.69) is 129 Å². The maximum Gasteiger partial charge on any atom is 0.220 e. The minimum atomic E-state index is -1.80. The fourth-order valence-electron chi connectivity index (χ4n) is 12.7. The lowest BCUT2D eigenvalue weighted by molar-refractivity contribution is -0.359. The number of ether oxygens (including phenoxy) is 4. The van der Waals surface area contributed by atoms with Gasteiger partial charge in [-0.15, -0.1) is 0 Å². The second kappa shape index (κ2) is 68.5. The van der Waals surface area contributed by atoms with E-state index >= 15 is 0 Å².